The maximum absolute atomic E-state index is 12.3. The molecule has 0 fully saturated rings. The Morgan fingerprint density at radius 1 is 1.58 bits per heavy atom. The number of sulfonamides is 1. The standard InChI is InChI=1S/C11H15N3O3S2/c1-7(11-13-3-4-18-11)14-19(15,16)10-5-9(6-12)17-8(10)2/h3-5,7,14H,6,12H2,1-2H3. The average Bonchev–Trinajstić information content (AvgIpc) is 2.96. The summed E-state index contributed by atoms with van der Waals surface area (Å²) in [6.45, 7) is 3.51. The smallest absolute Gasteiger partial charge is 0.244 e. The highest BCUT2D eigenvalue weighted by Crippen LogP contribution is 2.23. The van der Waals surface area contributed by atoms with Crippen molar-refractivity contribution in [3.05, 3.63) is 34.2 Å². The monoisotopic (exact) mass is 301 g/mol. The molecule has 104 valence electrons. The summed E-state index contributed by atoms with van der Waals surface area (Å²) < 4.78 is 32.3. The second-order valence-electron chi connectivity index (χ2n) is 4.05. The second kappa shape index (κ2) is 5.41. The largest absolute Gasteiger partial charge is 0.464 e. The zero-order valence-corrected chi connectivity index (χ0v) is 12.2. The maximum Gasteiger partial charge on any atom is 0.244 e. The molecule has 0 bridgehead atoms. The molecule has 0 aliphatic heterocycles. The van der Waals surface area contributed by atoms with Crippen LogP contribution in [-0.2, 0) is 16.6 Å². The predicted octanol–water partition coefficient (Wildman–Crippen LogP) is 1.54. The van der Waals surface area contributed by atoms with Gasteiger partial charge in [-0.15, -0.1) is 11.3 Å². The van der Waals surface area contributed by atoms with Crippen LogP contribution in [0.3, 0.4) is 0 Å². The number of hydrogen-bond donors (Lipinski definition) is 2. The first-order valence-corrected chi connectivity index (χ1v) is 8.01. The zero-order chi connectivity index (χ0) is 14.0. The van der Waals surface area contributed by atoms with Crippen molar-refractivity contribution in [2.24, 2.45) is 5.73 Å². The van der Waals surface area contributed by atoms with Crippen molar-refractivity contribution >= 4 is 21.4 Å². The van der Waals surface area contributed by atoms with Crippen molar-refractivity contribution < 1.29 is 12.8 Å². The topological polar surface area (TPSA) is 98.2 Å². The van der Waals surface area contributed by atoms with E-state index < -0.39 is 10.0 Å². The minimum Gasteiger partial charge on any atom is -0.464 e. The number of nitrogens with two attached hydrogens (primary N) is 1. The highest BCUT2D eigenvalue weighted by molar-refractivity contribution is 7.89. The van der Waals surface area contributed by atoms with Crippen LogP contribution in [0.15, 0.2) is 27.0 Å². The predicted molar refractivity (Wildman–Crippen MR) is 72.2 cm³/mol. The van der Waals surface area contributed by atoms with Crippen molar-refractivity contribution in [2.45, 2.75) is 31.3 Å². The van der Waals surface area contributed by atoms with Gasteiger partial charge in [0.15, 0.2) is 0 Å². The highest BCUT2D eigenvalue weighted by Gasteiger charge is 2.24. The molecule has 3 N–H and O–H groups in total. The Balaban J connectivity index is 2.25. The van der Waals surface area contributed by atoms with E-state index in [1.54, 1.807) is 25.4 Å². The summed E-state index contributed by atoms with van der Waals surface area (Å²) in [6, 6.07) is 1.06. The van der Waals surface area contributed by atoms with Gasteiger partial charge in [0.05, 0.1) is 12.6 Å². The molecule has 0 amide bonds. The molecule has 0 aromatic carbocycles. The molecule has 2 rings (SSSR count). The lowest BCUT2D eigenvalue weighted by Crippen LogP contribution is -2.27. The van der Waals surface area contributed by atoms with E-state index in [9.17, 15) is 8.42 Å². The molecule has 0 saturated carbocycles. The Labute approximate surface area is 115 Å². The molecular weight excluding hydrogens is 286 g/mol. The van der Waals surface area contributed by atoms with Crippen LogP contribution in [0.1, 0.15) is 29.5 Å². The van der Waals surface area contributed by atoms with Gasteiger partial charge in [0.1, 0.15) is 21.4 Å². The molecule has 0 radical (unpaired) electrons. The number of hydrogen-bond acceptors (Lipinski definition) is 6. The SMILES string of the molecule is Cc1oc(CN)cc1S(=O)(=O)NC(C)c1nccs1. The van der Waals surface area contributed by atoms with E-state index in [4.69, 9.17) is 10.2 Å². The van der Waals surface area contributed by atoms with Gasteiger partial charge in [0.2, 0.25) is 10.0 Å². The Bertz CT molecular complexity index is 647. The van der Waals surface area contributed by atoms with E-state index >= 15 is 0 Å². The van der Waals surface area contributed by atoms with Crippen molar-refractivity contribution in [1.82, 2.24) is 9.71 Å². The van der Waals surface area contributed by atoms with Gasteiger partial charge in [-0.1, -0.05) is 0 Å². The van der Waals surface area contributed by atoms with Crippen molar-refractivity contribution in [3.63, 3.8) is 0 Å². The summed E-state index contributed by atoms with van der Waals surface area (Å²) >= 11 is 1.40. The fraction of sp³-hybridized carbons (Fsp3) is 0.364. The van der Waals surface area contributed by atoms with Gasteiger partial charge in [-0.3, -0.25) is 0 Å². The normalized spacial score (nSPS) is 13.6. The van der Waals surface area contributed by atoms with Crippen molar-refractivity contribution in [2.75, 3.05) is 0 Å². The quantitative estimate of drug-likeness (QED) is 0.873. The van der Waals surface area contributed by atoms with E-state index in [0.29, 0.717) is 16.5 Å². The molecule has 0 aliphatic carbocycles. The number of furan rings is 1. The van der Waals surface area contributed by atoms with Crippen LogP contribution in [-0.4, -0.2) is 13.4 Å². The summed E-state index contributed by atoms with van der Waals surface area (Å²) in [5, 5.41) is 2.51. The van der Waals surface area contributed by atoms with Gasteiger partial charge < -0.3 is 10.2 Å². The van der Waals surface area contributed by atoms with Crippen LogP contribution in [0.25, 0.3) is 0 Å². The molecular formula is C11H15N3O3S2. The van der Waals surface area contributed by atoms with Gasteiger partial charge in [-0.05, 0) is 13.8 Å². The summed E-state index contributed by atoms with van der Waals surface area (Å²) in [4.78, 5) is 4.21. The van der Waals surface area contributed by atoms with E-state index in [1.807, 2.05) is 0 Å². The van der Waals surface area contributed by atoms with Crippen LogP contribution in [0, 0.1) is 6.92 Å². The second-order valence-corrected chi connectivity index (χ2v) is 6.66. The number of aromatic nitrogens is 1. The van der Waals surface area contributed by atoms with Gasteiger partial charge in [0, 0.05) is 17.6 Å². The van der Waals surface area contributed by atoms with Crippen LogP contribution < -0.4 is 10.5 Å². The first kappa shape index (κ1) is 14.2. The van der Waals surface area contributed by atoms with Crippen LogP contribution in [0.5, 0.6) is 0 Å². The molecule has 1 unspecified atom stereocenters. The maximum atomic E-state index is 12.3. The van der Waals surface area contributed by atoms with E-state index in [2.05, 4.69) is 9.71 Å². The van der Waals surface area contributed by atoms with Gasteiger partial charge in [-0.2, -0.15) is 0 Å². The molecule has 2 aromatic heterocycles. The number of rotatable bonds is 5. The van der Waals surface area contributed by atoms with E-state index in [1.165, 1.54) is 17.4 Å². The van der Waals surface area contributed by atoms with Gasteiger partial charge in [-0.25, -0.2) is 18.1 Å². The van der Waals surface area contributed by atoms with Crippen LogP contribution in [0.4, 0.5) is 0 Å². The molecule has 0 aliphatic rings. The number of nitrogens with one attached hydrogen (secondary N) is 1. The summed E-state index contributed by atoms with van der Waals surface area (Å²) in [5.74, 6) is 0.777. The highest BCUT2D eigenvalue weighted by atomic mass is 32.2. The molecule has 6 nitrogen and oxygen atoms in total. The number of aryl methyl sites for hydroxylation is 1. The van der Waals surface area contributed by atoms with Gasteiger partial charge >= 0.3 is 0 Å². The Hall–Kier alpha value is -1.22. The molecule has 0 saturated heterocycles. The lowest BCUT2D eigenvalue weighted by molar-refractivity contribution is 0.478. The van der Waals surface area contributed by atoms with E-state index in [0.717, 1.165) is 0 Å². The minimum atomic E-state index is -3.64. The summed E-state index contributed by atoms with van der Waals surface area (Å²) in [7, 11) is -3.64. The average molecular weight is 301 g/mol. The first-order valence-electron chi connectivity index (χ1n) is 5.65. The molecule has 1 atom stereocenters. The molecule has 8 heteroatoms. The Morgan fingerprint density at radius 3 is 2.84 bits per heavy atom. The first-order chi connectivity index (χ1) is 8.94. The summed E-state index contributed by atoms with van der Waals surface area (Å²) in [5.41, 5.74) is 5.44. The van der Waals surface area contributed by atoms with Crippen LogP contribution >= 0.6 is 11.3 Å². The lowest BCUT2D eigenvalue weighted by atomic mass is 10.4. The molecule has 0 spiro atoms. The fourth-order valence-corrected chi connectivity index (χ4v) is 3.82. The number of nitrogens with zero attached hydrogens (tertiary/aromatic N) is 1. The third-order valence-electron chi connectivity index (χ3n) is 2.57. The Kier molecular flexibility index (Phi) is 4.04. The van der Waals surface area contributed by atoms with E-state index in [-0.39, 0.29) is 17.5 Å². The van der Waals surface area contributed by atoms with Crippen molar-refractivity contribution in [1.29, 1.82) is 0 Å². The minimum absolute atomic E-state index is 0.122. The molecule has 2 aromatic rings. The zero-order valence-electron chi connectivity index (χ0n) is 10.6. The third-order valence-corrected chi connectivity index (χ3v) is 5.17. The molecule has 2 heterocycles. The van der Waals surface area contributed by atoms with Crippen molar-refractivity contribution in [3.8, 4) is 0 Å². The molecule has 19 heavy (non-hydrogen) atoms. The van der Waals surface area contributed by atoms with Crippen LogP contribution in [0.2, 0.25) is 0 Å². The Morgan fingerprint density at radius 2 is 2.32 bits per heavy atom. The third kappa shape index (κ3) is 3.03. The lowest BCUT2D eigenvalue weighted by Gasteiger charge is -2.10. The fourth-order valence-electron chi connectivity index (χ4n) is 1.69. The number of thiazole rings is 1. The van der Waals surface area contributed by atoms with Gasteiger partial charge in [0.25, 0.3) is 0 Å². The summed E-state index contributed by atoms with van der Waals surface area (Å²) in [6.07, 6.45) is 1.64.